The summed E-state index contributed by atoms with van der Waals surface area (Å²) in [7, 11) is 0. The van der Waals surface area contributed by atoms with E-state index >= 15 is 0 Å². The number of carbonyl (C=O) groups is 1. The van der Waals surface area contributed by atoms with Crippen LogP contribution in [0.5, 0.6) is 0 Å². The first-order valence-corrected chi connectivity index (χ1v) is 13.0. The molecule has 90 valence electrons. The predicted molar refractivity (Wildman–Crippen MR) is 69.7 cm³/mol. The van der Waals surface area contributed by atoms with Crippen LogP contribution in [-0.2, 0) is 39.0 Å². The van der Waals surface area contributed by atoms with Gasteiger partial charge in [-0.1, -0.05) is 0 Å². The van der Waals surface area contributed by atoms with Crippen LogP contribution >= 0.6 is 0 Å². The zero-order valence-corrected chi connectivity index (χ0v) is 16.9. The molecule has 0 aliphatic carbocycles. The predicted octanol–water partition coefficient (Wildman–Crippen LogP) is 1.42. The summed E-state index contributed by atoms with van der Waals surface area (Å²) >= 11 is -1.76. The first-order valence-electron chi connectivity index (χ1n) is 6.60. The minimum absolute atomic E-state index is 0.131. The van der Waals surface area contributed by atoms with Crippen molar-refractivity contribution in [2.45, 2.75) is 9.53 Å². The quantitative estimate of drug-likeness (QED) is 0.782. The van der Waals surface area contributed by atoms with Gasteiger partial charge in [0, 0.05) is 0 Å². The number of amides is 1. The summed E-state index contributed by atoms with van der Waals surface area (Å²) in [4.78, 5) is 11.3. The van der Waals surface area contributed by atoms with E-state index in [1.165, 1.54) is 8.32 Å². The minimum atomic E-state index is -0.882. The van der Waals surface area contributed by atoms with Crippen molar-refractivity contribution in [1.82, 2.24) is 0 Å². The third-order valence-corrected chi connectivity index (χ3v) is 17.1. The standard InChI is InChI=1S/2C6H5.C3H5NO.2Zn/c2*1-2-4-6-5-3-1;1-2-3(4)5;;/h2*1-5H;1H,2H2,(H2,4,5);;. The second kappa shape index (κ2) is 7.67. The molecule has 4 heteroatoms. The van der Waals surface area contributed by atoms with E-state index in [9.17, 15) is 4.79 Å². The fourth-order valence-electron chi connectivity index (χ4n) is 2.40. The molecule has 0 fully saturated rings. The molecule has 2 nitrogen and oxygen atoms in total. The molecule has 0 aliphatic rings. The molecule has 0 heterocycles. The average Bonchev–Trinajstić information content (AvgIpc) is 2.40. The summed E-state index contributed by atoms with van der Waals surface area (Å²) in [5, 5.41) is 0. The van der Waals surface area contributed by atoms with Gasteiger partial charge in [-0.15, -0.1) is 0 Å². The Hall–Kier alpha value is -0.843. The van der Waals surface area contributed by atoms with Gasteiger partial charge in [-0.2, -0.15) is 0 Å². The van der Waals surface area contributed by atoms with E-state index in [2.05, 4.69) is 48.5 Å². The van der Waals surface area contributed by atoms with Crippen molar-refractivity contribution in [2.75, 3.05) is 0 Å². The summed E-state index contributed by atoms with van der Waals surface area (Å²) in [6.45, 7) is 0. The SMILES string of the molecule is NC(=O)C[CH]([Zn][c]1ccccc1)[Zn][c]1ccccc1. The molecule has 2 N–H and O–H groups in total. The first kappa shape index (κ1) is 14.6. The number of benzene rings is 2. The van der Waals surface area contributed by atoms with Gasteiger partial charge >= 0.3 is 129 Å². The molecule has 0 atom stereocenters. The molecule has 0 aromatic heterocycles. The van der Waals surface area contributed by atoms with Crippen molar-refractivity contribution in [3.05, 3.63) is 60.7 Å². The molecule has 1 amide bonds. The van der Waals surface area contributed by atoms with Crippen LogP contribution in [0, 0.1) is 0 Å². The van der Waals surface area contributed by atoms with Crippen molar-refractivity contribution in [3.63, 3.8) is 0 Å². The van der Waals surface area contributed by atoms with Gasteiger partial charge in [0.1, 0.15) is 0 Å². The molecule has 2 aromatic carbocycles. The Morgan fingerprint density at radius 3 is 1.68 bits per heavy atom. The Morgan fingerprint density at radius 1 is 0.895 bits per heavy atom. The summed E-state index contributed by atoms with van der Waals surface area (Å²) in [6.07, 6.45) is 0.601. The van der Waals surface area contributed by atoms with Gasteiger partial charge in [0.05, 0.1) is 0 Å². The molecule has 0 saturated carbocycles. The monoisotopic (exact) mass is 353 g/mol. The molecule has 0 saturated heterocycles. The van der Waals surface area contributed by atoms with Crippen LogP contribution in [0.2, 0.25) is 3.11 Å². The number of hydrogen-bond donors (Lipinski definition) is 1. The van der Waals surface area contributed by atoms with Gasteiger partial charge in [0.2, 0.25) is 0 Å². The zero-order chi connectivity index (χ0) is 13.5. The van der Waals surface area contributed by atoms with E-state index in [1.54, 1.807) is 0 Å². The van der Waals surface area contributed by atoms with Crippen LogP contribution in [-0.4, -0.2) is 5.91 Å². The normalized spacial score (nSPS) is 9.74. The second-order valence-electron chi connectivity index (χ2n) is 4.92. The van der Waals surface area contributed by atoms with Gasteiger partial charge in [0.15, 0.2) is 0 Å². The van der Waals surface area contributed by atoms with E-state index in [0.717, 1.165) is 0 Å². The molecular formula is C15H15NOZn2. The fourth-order valence-corrected chi connectivity index (χ4v) is 18.4. The maximum absolute atomic E-state index is 11.3. The third-order valence-electron chi connectivity index (χ3n) is 3.22. The fraction of sp³-hybridized carbons (Fsp3) is 0.133. The summed E-state index contributed by atoms with van der Waals surface area (Å²) < 4.78 is 3.62. The van der Waals surface area contributed by atoms with E-state index in [4.69, 9.17) is 5.73 Å². The topological polar surface area (TPSA) is 43.1 Å². The Morgan fingerprint density at radius 2 is 1.32 bits per heavy atom. The number of rotatable bonds is 6. The zero-order valence-electron chi connectivity index (χ0n) is 11.0. The molecule has 0 unspecified atom stereocenters. The van der Waals surface area contributed by atoms with Gasteiger partial charge in [-0.05, 0) is 0 Å². The van der Waals surface area contributed by atoms with E-state index < -0.39 is 34.3 Å². The van der Waals surface area contributed by atoms with Gasteiger partial charge in [-0.25, -0.2) is 0 Å². The van der Waals surface area contributed by atoms with E-state index in [0.29, 0.717) is 9.53 Å². The molecular weight excluding hydrogens is 341 g/mol. The van der Waals surface area contributed by atoms with E-state index in [1.807, 2.05) is 12.1 Å². The maximum atomic E-state index is 11.3. The van der Waals surface area contributed by atoms with Crippen molar-refractivity contribution in [1.29, 1.82) is 0 Å². The summed E-state index contributed by atoms with van der Waals surface area (Å²) in [5.74, 6) is -0.131. The van der Waals surface area contributed by atoms with Crippen LogP contribution < -0.4 is 14.0 Å². The van der Waals surface area contributed by atoms with Crippen molar-refractivity contribution >= 4 is 14.2 Å². The van der Waals surface area contributed by atoms with Gasteiger partial charge < -0.3 is 0 Å². The van der Waals surface area contributed by atoms with Crippen LogP contribution in [0.1, 0.15) is 6.42 Å². The van der Waals surface area contributed by atoms with Gasteiger partial charge in [-0.3, -0.25) is 0 Å². The molecule has 19 heavy (non-hydrogen) atoms. The molecule has 0 radical (unpaired) electrons. The third kappa shape index (κ3) is 5.34. The Bertz CT molecular complexity index is 475. The van der Waals surface area contributed by atoms with Crippen LogP contribution in [0.25, 0.3) is 0 Å². The Balaban J connectivity index is 2.06. The van der Waals surface area contributed by atoms with E-state index in [-0.39, 0.29) is 5.91 Å². The number of hydrogen-bond acceptors (Lipinski definition) is 1. The van der Waals surface area contributed by atoms with Crippen LogP contribution in [0.15, 0.2) is 60.7 Å². The molecule has 2 rings (SSSR count). The number of nitrogens with two attached hydrogens (primary N) is 1. The molecule has 0 bridgehead atoms. The van der Waals surface area contributed by atoms with Crippen LogP contribution in [0.4, 0.5) is 0 Å². The average molecular weight is 356 g/mol. The van der Waals surface area contributed by atoms with Gasteiger partial charge in [0.25, 0.3) is 0 Å². The van der Waals surface area contributed by atoms with Crippen LogP contribution in [0.3, 0.4) is 0 Å². The Labute approximate surface area is 129 Å². The summed E-state index contributed by atoms with van der Waals surface area (Å²) in [5.41, 5.74) is 5.42. The number of primary amides is 1. The Kier molecular flexibility index (Phi) is 5.88. The summed E-state index contributed by atoms with van der Waals surface area (Å²) in [6, 6.07) is 21.3. The van der Waals surface area contributed by atoms with Crippen molar-refractivity contribution in [2.24, 2.45) is 5.73 Å². The van der Waals surface area contributed by atoms with Crippen molar-refractivity contribution < 1.29 is 39.0 Å². The molecule has 0 spiro atoms. The number of carbonyl (C=O) groups excluding carboxylic acids is 1. The molecule has 0 aliphatic heterocycles. The second-order valence-corrected chi connectivity index (χ2v) is 20.0. The molecule has 2 aromatic rings. The van der Waals surface area contributed by atoms with Crippen molar-refractivity contribution in [3.8, 4) is 0 Å². The first-order chi connectivity index (χ1) is 9.24.